The standard InChI is InChI=1S/C12H11N3O3S/c1-7-9(2-3-10(14-7)18-12(13)17)15-11(16)8-4-5-19-6-8/h2-6H,1H3,(H2,13,17)(H,15,16). The molecule has 2 rings (SSSR count). The number of nitrogens with one attached hydrogen (secondary N) is 1. The van der Waals surface area contributed by atoms with E-state index in [-0.39, 0.29) is 11.8 Å². The van der Waals surface area contributed by atoms with E-state index in [1.807, 2.05) is 5.38 Å². The first-order valence-corrected chi connectivity index (χ1v) is 6.29. The third-order valence-corrected chi connectivity index (χ3v) is 2.98. The Labute approximate surface area is 113 Å². The van der Waals surface area contributed by atoms with Crippen LogP contribution in [-0.4, -0.2) is 17.0 Å². The van der Waals surface area contributed by atoms with Crippen molar-refractivity contribution in [2.24, 2.45) is 5.73 Å². The summed E-state index contributed by atoms with van der Waals surface area (Å²) in [6.07, 6.45) is -0.929. The molecular formula is C12H11N3O3S. The number of nitrogens with two attached hydrogens (primary N) is 1. The SMILES string of the molecule is Cc1nc(OC(N)=O)ccc1NC(=O)c1ccsc1. The molecule has 0 aliphatic carbocycles. The molecule has 0 radical (unpaired) electrons. The number of anilines is 1. The highest BCUT2D eigenvalue weighted by Crippen LogP contribution is 2.18. The van der Waals surface area contributed by atoms with E-state index in [1.165, 1.54) is 17.4 Å². The number of carbonyl (C=O) groups excluding carboxylic acids is 2. The van der Waals surface area contributed by atoms with Crippen molar-refractivity contribution >= 4 is 29.0 Å². The number of amides is 2. The van der Waals surface area contributed by atoms with E-state index >= 15 is 0 Å². The molecule has 7 heteroatoms. The fourth-order valence-corrected chi connectivity index (χ4v) is 2.05. The van der Waals surface area contributed by atoms with Gasteiger partial charge in [-0.2, -0.15) is 11.3 Å². The minimum absolute atomic E-state index is 0.0959. The predicted octanol–water partition coefficient (Wildman–Crippen LogP) is 2.16. The molecule has 0 fully saturated rings. The van der Waals surface area contributed by atoms with Gasteiger partial charge < -0.3 is 15.8 Å². The Kier molecular flexibility index (Phi) is 3.76. The van der Waals surface area contributed by atoms with Crippen molar-refractivity contribution in [3.8, 4) is 5.88 Å². The van der Waals surface area contributed by atoms with Crippen LogP contribution in [0.15, 0.2) is 29.0 Å². The number of nitrogens with zero attached hydrogens (tertiary/aromatic N) is 1. The molecule has 0 spiro atoms. The third kappa shape index (κ3) is 3.29. The van der Waals surface area contributed by atoms with Crippen molar-refractivity contribution in [3.63, 3.8) is 0 Å². The first-order valence-electron chi connectivity index (χ1n) is 5.35. The van der Waals surface area contributed by atoms with Crippen LogP contribution in [0, 0.1) is 6.92 Å². The minimum atomic E-state index is -0.929. The molecule has 0 bridgehead atoms. The monoisotopic (exact) mass is 277 g/mol. The van der Waals surface area contributed by atoms with E-state index in [1.54, 1.807) is 24.4 Å². The zero-order valence-corrected chi connectivity index (χ0v) is 10.9. The zero-order valence-electron chi connectivity index (χ0n) is 10.0. The number of aryl methyl sites for hydroxylation is 1. The Morgan fingerprint density at radius 2 is 2.16 bits per heavy atom. The van der Waals surface area contributed by atoms with Crippen molar-refractivity contribution in [2.75, 3.05) is 5.32 Å². The van der Waals surface area contributed by atoms with Crippen LogP contribution >= 0.6 is 11.3 Å². The topological polar surface area (TPSA) is 94.3 Å². The van der Waals surface area contributed by atoms with Gasteiger partial charge in [-0.15, -0.1) is 0 Å². The molecule has 6 nitrogen and oxygen atoms in total. The number of thiophene rings is 1. The maximum absolute atomic E-state index is 11.9. The number of aromatic nitrogens is 1. The lowest BCUT2D eigenvalue weighted by atomic mass is 10.2. The fourth-order valence-electron chi connectivity index (χ4n) is 1.42. The summed E-state index contributed by atoms with van der Waals surface area (Å²) >= 11 is 1.44. The van der Waals surface area contributed by atoms with Crippen LogP contribution in [0.2, 0.25) is 0 Å². The summed E-state index contributed by atoms with van der Waals surface area (Å²) in [6, 6.07) is 4.79. The maximum atomic E-state index is 11.9. The second-order valence-electron chi connectivity index (χ2n) is 3.67. The summed E-state index contributed by atoms with van der Waals surface area (Å²) in [5, 5.41) is 6.30. The lowest BCUT2D eigenvalue weighted by molar-refractivity contribution is 0.102. The Hall–Kier alpha value is -2.41. The fraction of sp³-hybridized carbons (Fsp3) is 0.0833. The molecule has 2 amide bonds. The van der Waals surface area contributed by atoms with Gasteiger partial charge in [0.2, 0.25) is 5.88 Å². The Bertz CT molecular complexity index is 611. The van der Waals surface area contributed by atoms with E-state index in [2.05, 4.69) is 15.0 Å². The smallest absolute Gasteiger partial charge is 0.391 e. The van der Waals surface area contributed by atoms with E-state index in [0.717, 1.165) is 0 Å². The molecule has 0 saturated heterocycles. The van der Waals surface area contributed by atoms with Gasteiger partial charge in [-0.1, -0.05) is 0 Å². The largest absolute Gasteiger partial charge is 0.411 e. The molecule has 0 aromatic carbocycles. The molecule has 0 aliphatic rings. The van der Waals surface area contributed by atoms with Crippen LogP contribution in [-0.2, 0) is 0 Å². The van der Waals surface area contributed by atoms with Gasteiger partial charge in [-0.3, -0.25) is 4.79 Å². The zero-order chi connectivity index (χ0) is 13.8. The van der Waals surface area contributed by atoms with E-state index in [4.69, 9.17) is 5.73 Å². The van der Waals surface area contributed by atoms with E-state index in [9.17, 15) is 9.59 Å². The molecule has 0 unspecified atom stereocenters. The molecule has 0 saturated carbocycles. The molecule has 2 heterocycles. The average molecular weight is 277 g/mol. The van der Waals surface area contributed by atoms with E-state index in [0.29, 0.717) is 16.9 Å². The van der Waals surface area contributed by atoms with Gasteiger partial charge in [-0.05, 0) is 24.4 Å². The number of primary amides is 1. The van der Waals surface area contributed by atoms with Crippen molar-refractivity contribution < 1.29 is 14.3 Å². The van der Waals surface area contributed by atoms with Crippen LogP contribution in [0.5, 0.6) is 5.88 Å². The van der Waals surface area contributed by atoms with Gasteiger partial charge in [0.25, 0.3) is 5.91 Å². The quantitative estimate of drug-likeness (QED) is 0.898. The number of hydrogen-bond donors (Lipinski definition) is 2. The van der Waals surface area contributed by atoms with Crippen molar-refractivity contribution in [2.45, 2.75) is 6.92 Å². The average Bonchev–Trinajstić information content (AvgIpc) is 2.85. The summed E-state index contributed by atoms with van der Waals surface area (Å²) < 4.78 is 4.64. The highest BCUT2D eigenvalue weighted by atomic mass is 32.1. The predicted molar refractivity (Wildman–Crippen MR) is 71.5 cm³/mol. The summed E-state index contributed by atoms with van der Waals surface area (Å²) in [4.78, 5) is 26.5. The van der Waals surface area contributed by atoms with Crippen LogP contribution in [0.1, 0.15) is 16.1 Å². The Balaban J connectivity index is 2.13. The lowest BCUT2D eigenvalue weighted by Crippen LogP contribution is -2.17. The van der Waals surface area contributed by atoms with Crippen molar-refractivity contribution in [3.05, 3.63) is 40.2 Å². The Morgan fingerprint density at radius 3 is 2.74 bits per heavy atom. The van der Waals surface area contributed by atoms with Crippen molar-refractivity contribution in [1.29, 1.82) is 0 Å². The lowest BCUT2D eigenvalue weighted by Gasteiger charge is -2.08. The molecule has 19 heavy (non-hydrogen) atoms. The molecule has 2 aromatic heterocycles. The second kappa shape index (κ2) is 5.49. The number of pyridine rings is 1. The number of carbonyl (C=O) groups is 2. The second-order valence-corrected chi connectivity index (χ2v) is 4.45. The van der Waals surface area contributed by atoms with Gasteiger partial charge in [-0.25, -0.2) is 9.78 Å². The van der Waals surface area contributed by atoms with Crippen LogP contribution in [0.25, 0.3) is 0 Å². The molecular weight excluding hydrogens is 266 g/mol. The van der Waals surface area contributed by atoms with Gasteiger partial charge >= 0.3 is 6.09 Å². The number of ether oxygens (including phenoxy) is 1. The van der Waals surface area contributed by atoms with Crippen LogP contribution in [0.3, 0.4) is 0 Å². The van der Waals surface area contributed by atoms with Crippen LogP contribution < -0.4 is 15.8 Å². The molecule has 98 valence electrons. The van der Waals surface area contributed by atoms with E-state index < -0.39 is 6.09 Å². The summed E-state index contributed by atoms with van der Waals surface area (Å²) in [6.45, 7) is 1.69. The van der Waals surface area contributed by atoms with Gasteiger partial charge in [0.1, 0.15) is 0 Å². The third-order valence-electron chi connectivity index (χ3n) is 2.30. The molecule has 0 aliphatic heterocycles. The normalized spacial score (nSPS) is 9.95. The highest BCUT2D eigenvalue weighted by Gasteiger charge is 2.10. The van der Waals surface area contributed by atoms with Gasteiger partial charge in [0.15, 0.2) is 0 Å². The summed E-state index contributed by atoms with van der Waals surface area (Å²) in [5.74, 6) is -0.117. The minimum Gasteiger partial charge on any atom is -0.391 e. The van der Waals surface area contributed by atoms with Gasteiger partial charge in [0.05, 0.1) is 16.9 Å². The number of hydrogen-bond acceptors (Lipinski definition) is 5. The first kappa shape index (κ1) is 13.0. The Morgan fingerprint density at radius 1 is 1.37 bits per heavy atom. The van der Waals surface area contributed by atoms with Gasteiger partial charge in [0, 0.05) is 11.4 Å². The van der Waals surface area contributed by atoms with Crippen LogP contribution in [0.4, 0.5) is 10.5 Å². The summed E-state index contributed by atoms with van der Waals surface area (Å²) in [7, 11) is 0. The maximum Gasteiger partial charge on any atom is 0.411 e. The molecule has 3 N–H and O–H groups in total. The molecule has 0 atom stereocenters. The highest BCUT2D eigenvalue weighted by molar-refractivity contribution is 7.08. The number of rotatable bonds is 3. The first-order chi connectivity index (χ1) is 9.06. The molecule has 2 aromatic rings. The van der Waals surface area contributed by atoms with Crippen molar-refractivity contribution in [1.82, 2.24) is 4.98 Å². The summed E-state index contributed by atoms with van der Waals surface area (Å²) in [5.41, 5.74) is 6.55.